The summed E-state index contributed by atoms with van der Waals surface area (Å²) in [6, 6.07) is 9.59. The first-order valence-corrected chi connectivity index (χ1v) is 9.47. The van der Waals surface area contributed by atoms with Crippen LogP contribution in [0.1, 0.15) is 28.8 Å². The molecule has 152 valence electrons. The van der Waals surface area contributed by atoms with Crippen molar-refractivity contribution in [1.82, 2.24) is 0 Å². The van der Waals surface area contributed by atoms with Gasteiger partial charge in [0.2, 0.25) is 5.91 Å². The molecule has 1 aliphatic rings. The fourth-order valence-corrected chi connectivity index (χ4v) is 2.76. The number of hydrogen-bond acceptors (Lipinski definition) is 5. The Hall–Kier alpha value is -3.06. The Balaban J connectivity index is 1.53. The molecular weight excluding hydrogens is 396 g/mol. The van der Waals surface area contributed by atoms with Crippen molar-refractivity contribution in [3.05, 3.63) is 52.5 Å². The molecule has 0 radical (unpaired) electrons. The molecule has 0 bridgehead atoms. The van der Waals surface area contributed by atoms with Crippen molar-refractivity contribution in [2.75, 3.05) is 24.4 Å². The molecule has 2 aromatic carbocycles. The van der Waals surface area contributed by atoms with Crippen molar-refractivity contribution >= 4 is 40.8 Å². The van der Waals surface area contributed by atoms with Gasteiger partial charge in [-0.1, -0.05) is 11.6 Å². The molecule has 7 nitrogen and oxygen atoms in total. The van der Waals surface area contributed by atoms with E-state index in [1.165, 1.54) is 19.2 Å². The molecule has 0 aromatic heterocycles. The normalized spacial score (nSPS) is 12.8. The first-order valence-electron chi connectivity index (χ1n) is 9.09. The van der Waals surface area contributed by atoms with Crippen LogP contribution in [0.3, 0.4) is 0 Å². The number of methoxy groups -OCH3 is 1. The molecule has 0 unspecified atom stereocenters. The van der Waals surface area contributed by atoms with Crippen LogP contribution in [0, 0.1) is 12.8 Å². The Morgan fingerprint density at radius 2 is 1.79 bits per heavy atom. The molecule has 0 aliphatic heterocycles. The van der Waals surface area contributed by atoms with E-state index >= 15 is 0 Å². The van der Waals surface area contributed by atoms with Crippen LogP contribution in [-0.4, -0.2) is 31.5 Å². The smallest absolute Gasteiger partial charge is 0.338 e. The number of anilines is 2. The summed E-state index contributed by atoms with van der Waals surface area (Å²) in [5.41, 5.74) is 2.10. The zero-order valence-corrected chi connectivity index (χ0v) is 16.8. The average molecular weight is 417 g/mol. The number of carbonyl (C=O) groups excluding carboxylic acids is 3. The van der Waals surface area contributed by atoms with Crippen molar-refractivity contribution in [3.8, 4) is 5.75 Å². The van der Waals surface area contributed by atoms with E-state index in [0.717, 1.165) is 18.4 Å². The van der Waals surface area contributed by atoms with E-state index in [0.29, 0.717) is 22.1 Å². The average Bonchev–Trinajstić information content (AvgIpc) is 3.54. The van der Waals surface area contributed by atoms with Crippen LogP contribution in [0.5, 0.6) is 5.75 Å². The Labute approximate surface area is 173 Å². The summed E-state index contributed by atoms with van der Waals surface area (Å²) in [5, 5.41) is 5.94. The minimum Gasteiger partial charge on any atom is -0.495 e. The molecule has 1 fully saturated rings. The highest BCUT2D eigenvalue weighted by Gasteiger charge is 2.29. The van der Waals surface area contributed by atoms with Gasteiger partial charge < -0.3 is 20.1 Å². The highest BCUT2D eigenvalue weighted by atomic mass is 35.5. The second-order valence-electron chi connectivity index (χ2n) is 6.77. The van der Waals surface area contributed by atoms with E-state index in [4.69, 9.17) is 21.1 Å². The minimum atomic E-state index is -0.639. The number of amides is 2. The van der Waals surface area contributed by atoms with E-state index < -0.39 is 18.5 Å². The van der Waals surface area contributed by atoms with Crippen LogP contribution in [0.4, 0.5) is 11.4 Å². The lowest BCUT2D eigenvalue weighted by atomic mass is 10.2. The van der Waals surface area contributed by atoms with Gasteiger partial charge in [-0.25, -0.2) is 4.79 Å². The summed E-state index contributed by atoms with van der Waals surface area (Å²) in [6.45, 7) is 1.35. The summed E-state index contributed by atoms with van der Waals surface area (Å²) in [4.78, 5) is 36.0. The lowest BCUT2D eigenvalue weighted by Gasteiger charge is -2.12. The third-order valence-corrected chi connectivity index (χ3v) is 4.83. The van der Waals surface area contributed by atoms with E-state index in [-0.39, 0.29) is 17.4 Å². The summed E-state index contributed by atoms with van der Waals surface area (Å²) < 4.78 is 10.3. The fourth-order valence-electron chi connectivity index (χ4n) is 2.61. The number of hydrogen-bond donors (Lipinski definition) is 2. The van der Waals surface area contributed by atoms with Gasteiger partial charge in [0.05, 0.1) is 18.4 Å². The first kappa shape index (κ1) is 20.7. The number of aryl methyl sites for hydroxylation is 1. The lowest BCUT2D eigenvalue weighted by molar-refractivity contribution is -0.119. The molecule has 0 saturated heterocycles. The standard InChI is InChI=1S/C21H21ClN2O5/c1-12-9-17(18(28-2)10-16(12)22)24-19(25)11-29-21(27)14-5-7-15(8-6-14)23-20(26)13-3-4-13/h5-10,13H,3-4,11H2,1-2H3,(H,23,26)(H,24,25). The second kappa shape index (κ2) is 8.96. The maximum absolute atomic E-state index is 12.1. The summed E-state index contributed by atoms with van der Waals surface area (Å²) >= 11 is 6.04. The number of benzene rings is 2. The molecule has 0 atom stereocenters. The monoisotopic (exact) mass is 416 g/mol. The van der Waals surface area contributed by atoms with Crippen LogP contribution in [0.2, 0.25) is 5.02 Å². The maximum Gasteiger partial charge on any atom is 0.338 e. The quantitative estimate of drug-likeness (QED) is 0.669. The van der Waals surface area contributed by atoms with E-state index in [1.807, 2.05) is 0 Å². The van der Waals surface area contributed by atoms with Crippen molar-refractivity contribution in [2.45, 2.75) is 19.8 Å². The van der Waals surface area contributed by atoms with Gasteiger partial charge >= 0.3 is 5.97 Å². The van der Waals surface area contributed by atoms with Crippen molar-refractivity contribution < 1.29 is 23.9 Å². The zero-order valence-electron chi connectivity index (χ0n) is 16.1. The molecule has 1 saturated carbocycles. The van der Waals surface area contributed by atoms with Crippen LogP contribution >= 0.6 is 11.6 Å². The number of carbonyl (C=O) groups is 3. The third kappa shape index (κ3) is 5.48. The summed E-state index contributed by atoms with van der Waals surface area (Å²) in [6.07, 6.45) is 1.83. The predicted molar refractivity (Wildman–Crippen MR) is 109 cm³/mol. The van der Waals surface area contributed by atoms with E-state index in [9.17, 15) is 14.4 Å². The maximum atomic E-state index is 12.1. The van der Waals surface area contributed by atoms with Gasteiger partial charge in [-0.15, -0.1) is 0 Å². The molecule has 0 heterocycles. The van der Waals surface area contributed by atoms with Crippen molar-refractivity contribution in [1.29, 1.82) is 0 Å². The second-order valence-corrected chi connectivity index (χ2v) is 7.17. The number of esters is 1. The zero-order chi connectivity index (χ0) is 21.0. The molecule has 29 heavy (non-hydrogen) atoms. The van der Waals surface area contributed by atoms with Gasteiger partial charge in [0.1, 0.15) is 5.75 Å². The third-order valence-electron chi connectivity index (χ3n) is 4.43. The predicted octanol–water partition coefficient (Wildman–Crippen LogP) is 3.80. The van der Waals surface area contributed by atoms with Gasteiger partial charge in [-0.3, -0.25) is 9.59 Å². The molecule has 3 rings (SSSR count). The van der Waals surface area contributed by atoms with E-state index in [1.54, 1.807) is 31.2 Å². The SMILES string of the molecule is COc1cc(Cl)c(C)cc1NC(=O)COC(=O)c1ccc(NC(=O)C2CC2)cc1. The number of ether oxygens (including phenoxy) is 2. The van der Waals surface area contributed by atoms with Gasteiger partial charge in [-0.2, -0.15) is 0 Å². The first-order chi connectivity index (χ1) is 13.9. The van der Waals surface area contributed by atoms with Gasteiger partial charge in [0, 0.05) is 22.7 Å². The van der Waals surface area contributed by atoms with Crippen LogP contribution < -0.4 is 15.4 Å². The highest BCUT2D eigenvalue weighted by molar-refractivity contribution is 6.31. The Bertz CT molecular complexity index is 939. The van der Waals surface area contributed by atoms with Crippen molar-refractivity contribution in [3.63, 3.8) is 0 Å². The number of nitrogens with one attached hydrogen (secondary N) is 2. The molecule has 2 amide bonds. The molecular formula is C21H21ClN2O5. The molecule has 8 heteroatoms. The van der Waals surface area contributed by atoms with Crippen LogP contribution in [0.25, 0.3) is 0 Å². The van der Waals surface area contributed by atoms with E-state index in [2.05, 4.69) is 10.6 Å². The highest BCUT2D eigenvalue weighted by Crippen LogP contribution is 2.31. The Morgan fingerprint density at radius 3 is 2.41 bits per heavy atom. The largest absolute Gasteiger partial charge is 0.495 e. The minimum absolute atomic E-state index is 0.00939. The molecule has 1 aliphatic carbocycles. The number of rotatable bonds is 7. The fraction of sp³-hybridized carbons (Fsp3) is 0.286. The summed E-state index contributed by atoms with van der Waals surface area (Å²) in [5.74, 6) is -0.652. The van der Waals surface area contributed by atoms with Gasteiger partial charge in [-0.05, 0) is 55.7 Å². The molecule has 2 N–H and O–H groups in total. The van der Waals surface area contributed by atoms with Gasteiger partial charge in [0.15, 0.2) is 6.61 Å². The summed E-state index contributed by atoms with van der Waals surface area (Å²) in [7, 11) is 1.47. The topological polar surface area (TPSA) is 93.7 Å². The molecule has 0 spiro atoms. The Kier molecular flexibility index (Phi) is 6.39. The van der Waals surface area contributed by atoms with Crippen LogP contribution in [0.15, 0.2) is 36.4 Å². The number of halogens is 1. The Morgan fingerprint density at radius 1 is 1.10 bits per heavy atom. The molecule has 2 aromatic rings. The van der Waals surface area contributed by atoms with Crippen molar-refractivity contribution in [2.24, 2.45) is 5.92 Å². The lowest BCUT2D eigenvalue weighted by Crippen LogP contribution is -2.21. The van der Waals surface area contributed by atoms with Gasteiger partial charge in [0.25, 0.3) is 5.91 Å². The van der Waals surface area contributed by atoms with Crippen LogP contribution in [-0.2, 0) is 14.3 Å².